The number of aromatic nitrogens is 1. The van der Waals surface area contributed by atoms with Crippen molar-refractivity contribution in [1.82, 2.24) is 9.88 Å². The first-order valence-corrected chi connectivity index (χ1v) is 5.50. The van der Waals surface area contributed by atoms with Gasteiger partial charge in [0.25, 0.3) is 5.91 Å². The lowest BCUT2D eigenvalue weighted by Gasteiger charge is -2.23. The van der Waals surface area contributed by atoms with Crippen LogP contribution >= 0.6 is 0 Å². The molecule has 18 heavy (non-hydrogen) atoms. The first-order chi connectivity index (χ1) is 8.24. The second-order valence-electron chi connectivity index (χ2n) is 4.74. The van der Waals surface area contributed by atoms with Gasteiger partial charge in [-0.1, -0.05) is 0 Å². The molecule has 98 valence electrons. The Morgan fingerprint density at radius 3 is 2.50 bits per heavy atom. The average molecular weight is 250 g/mol. The molecule has 2 amide bonds. The zero-order chi connectivity index (χ0) is 13.9. The van der Waals surface area contributed by atoms with Crippen molar-refractivity contribution < 1.29 is 9.59 Å². The van der Waals surface area contributed by atoms with Crippen LogP contribution in [0, 0.1) is 0 Å². The number of primary amides is 1. The zero-order valence-corrected chi connectivity index (χ0v) is 11.0. The van der Waals surface area contributed by atoms with Gasteiger partial charge in [0, 0.05) is 26.0 Å². The summed E-state index contributed by atoms with van der Waals surface area (Å²) in [4.78, 5) is 28.4. The summed E-state index contributed by atoms with van der Waals surface area (Å²) < 4.78 is 0. The molecule has 6 nitrogen and oxygen atoms in total. The lowest BCUT2D eigenvalue weighted by Crippen LogP contribution is -2.45. The lowest BCUT2D eigenvalue weighted by molar-refractivity contribution is -0.121. The largest absolute Gasteiger partial charge is 0.372 e. The molecule has 6 heteroatoms. The van der Waals surface area contributed by atoms with E-state index >= 15 is 0 Å². The Morgan fingerprint density at radius 2 is 2.00 bits per heavy atom. The van der Waals surface area contributed by atoms with Gasteiger partial charge in [0.1, 0.15) is 11.2 Å². The van der Waals surface area contributed by atoms with E-state index in [-0.39, 0.29) is 5.91 Å². The maximum absolute atomic E-state index is 11.7. The molecule has 0 saturated carbocycles. The fourth-order valence-corrected chi connectivity index (χ4v) is 1.28. The third-order valence-corrected chi connectivity index (χ3v) is 2.46. The van der Waals surface area contributed by atoms with Crippen LogP contribution in [0.15, 0.2) is 18.3 Å². The van der Waals surface area contributed by atoms with Crippen LogP contribution < -0.4 is 11.1 Å². The number of carbonyl (C=O) groups is 2. The summed E-state index contributed by atoms with van der Waals surface area (Å²) in [5.74, 6) is -0.671. The van der Waals surface area contributed by atoms with Crippen molar-refractivity contribution in [2.45, 2.75) is 19.4 Å². The molecule has 0 aliphatic rings. The summed E-state index contributed by atoms with van der Waals surface area (Å²) in [6, 6.07) is 3.27. The highest BCUT2D eigenvalue weighted by atomic mass is 16.2. The number of rotatable bonds is 4. The second-order valence-corrected chi connectivity index (χ2v) is 4.74. The van der Waals surface area contributed by atoms with E-state index < -0.39 is 11.4 Å². The van der Waals surface area contributed by atoms with E-state index in [1.807, 2.05) is 0 Å². The van der Waals surface area contributed by atoms with Crippen LogP contribution in [-0.2, 0) is 4.79 Å². The van der Waals surface area contributed by atoms with E-state index in [9.17, 15) is 9.59 Å². The minimum Gasteiger partial charge on any atom is -0.372 e. The number of nitrogens with zero attached hydrogens (tertiary/aromatic N) is 2. The summed E-state index contributed by atoms with van der Waals surface area (Å²) in [6.45, 7) is 3.34. The smallest absolute Gasteiger partial charge is 0.272 e. The molecule has 1 aromatic heterocycles. The zero-order valence-electron chi connectivity index (χ0n) is 11.0. The maximum atomic E-state index is 11.7. The number of hydrogen-bond donors (Lipinski definition) is 2. The minimum atomic E-state index is -0.889. The van der Waals surface area contributed by atoms with Crippen molar-refractivity contribution in [3.8, 4) is 0 Å². The number of hydrogen-bond acceptors (Lipinski definition) is 4. The molecule has 0 aliphatic heterocycles. The van der Waals surface area contributed by atoms with Gasteiger partial charge in [0.2, 0.25) is 5.91 Å². The second kappa shape index (κ2) is 5.03. The molecule has 0 bridgehead atoms. The lowest BCUT2D eigenvalue weighted by atomic mass is 10.0. The van der Waals surface area contributed by atoms with Gasteiger partial charge in [0.15, 0.2) is 0 Å². The van der Waals surface area contributed by atoms with Crippen LogP contribution in [0.4, 0.5) is 5.69 Å². The fraction of sp³-hybridized carbons (Fsp3) is 0.417. The Labute approximate surface area is 106 Å². The van der Waals surface area contributed by atoms with Gasteiger partial charge < -0.3 is 16.0 Å². The van der Waals surface area contributed by atoms with Crippen molar-refractivity contribution in [3.05, 3.63) is 24.0 Å². The van der Waals surface area contributed by atoms with Crippen LogP contribution in [-0.4, -0.2) is 41.3 Å². The number of anilines is 1. The Morgan fingerprint density at radius 1 is 1.39 bits per heavy atom. The predicted molar refractivity (Wildman–Crippen MR) is 69.2 cm³/mol. The standard InChI is InChI=1S/C12H18N4O2/c1-12(2,11(13)18)15-8-5-6-14-9(7-8)10(17)16(3)4/h5-7H,1-4H3,(H2,13,18)(H,14,15). The van der Waals surface area contributed by atoms with Crippen molar-refractivity contribution >= 4 is 17.5 Å². The van der Waals surface area contributed by atoms with E-state index in [1.165, 1.54) is 11.1 Å². The van der Waals surface area contributed by atoms with Gasteiger partial charge in [-0.15, -0.1) is 0 Å². The third-order valence-electron chi connectivity index (χ3n) is 2.46. The average Bonchev–Trinajstić information content (AvgIpc) is 2.27. The summed E-state index contributed by atoms with van der Waals surface area (Å²) in [6.07, 6.45) is 1.51. The molecular weight excluding hydrogens is 232 g/mol. The number of nitrogens with one attached hydrogen (secondary N) is 1. The quantitative estimate of drug-likeness (QED) is 0.812. The first-order valence-electron chi connectivity index (χ1n) is 5.50. The molecule has 0 saturated heterocycles. The van der Waals surface area contributed by atoms with Crippen molar-refractivity contribution in [2.24, 2.45) is 5.73 Å². The van der Waals surface area contributed by atoms with Crippen LogP contribution in [0.3, 0.4) is 0 Å². The van der Waals surface area contributed by atoms with E-state index in [0.29, 0.717) is 11.4 Å². The highest BCUT2D eigenvalue weighted by Crippen LogP contribution is 2.15. The number of nitrogens with two attached hydrogens (primary N) is 1. The molecule has 0 fully saturated rings. The third kappa shape index (κ3) is 3.19. The SMILES string of the molecule is CN(C)C(=O)c1cc(NC(C)(C)C(N)=O)ccn1. The van der Waals surface area contributed by atoms with Gasteiger partial charge >= 0.3 is 0 Å². The molecule has 0 aromatic carbocycles. The monoisotopic (exact) mass is 250 g/mol. The van der Waals surface area contributed by atoms with Gasteiger partial charge in [-0.25, -0.2) is 0 Å². The molecule has 0 aliphatic carbocycles. The van der Waals surface area contributed by atoms with Gasteiger partial charge in [0.05, 0.1) is 0 Å². The molecule has 1 rings (SSSR count). The normalized spacial score (nSPS) is 10.9. The van der Waals surface area contributed by atoms with Crippen LogP contribution in [0.2, 0.25) is 0 Å². The topological polar surface area (TPSA) is 88.3 Å². The number of carbonyl (C=O) groups excluding carboxylic acids is 2. The highest BCUT2D eigenvalue weighted by Gasteiger charge is 2.24. The number of pyridine rings is 1. The van der Waals surface area contributed by atoms with Crippen LogP contribution in [0.1, 0.15) is 24.3 Å². The van der Waals surface area contributed by atoms with E-state index in [0.717, 1.165) is 0 Å². The maximum Gasteiger partial charge on any atom is 0.272 e. The highest BCUT2D eigenvalue weighted by molar-refractivity contribution is 5.93. The minimum absolute atomic E-state index is 0.199. The Hall–Kier alpha value is -2.11. The molecular formula is C12H18N4O2. The molecule has 0 unspecified atom stereocenters. The Kier molecular flexibility index (Phi) is 3.90. The van der Waals surface area contributed by atoms with Crippen molar-refractivity contribution in [3.63, 3.8) is 0 Å². The van der Waals surface area contributed by atoms with Gasteiger partial charge in [-0.2, -0.15) is 0 Å². The van der Waals surface area contributed by atoms with Crippen molar-refractivity contribution in [2.75, 3.05) is 19.4 Å². The molecule has 0 radical (unpaired) electrons. The van der Waals surface area contributed by atoms with Gasteiger partial charge in [-0.3, -0.25) is 14.6 Å². The van der Waals surface area contributed by atoms with Crippen molar-refractivity contribution in [1.29, 1.82) is 0 Å². The van der Waals surface area contributed by atoms with E-state index in [4.69, 9.17) is 5.73 Å². The summed E-state index contributed by atoms with van der Waals surface area (Å²) in [5, 5.41) is 2.97. The molecule has 0 atom stereocenters. The summed E-state index contributed by atoms with van der Waals surface area (Å²) in [5.41, 5.74) is 5.32. The van der Waals surface area contributed by atoms with E-state index in [1.54, 1.807) is 40.1 Å². The van der Waals surface area contributed by atoms with Gasteiger partial charge in [-0.05, 0) is 26.0 Å². The molecule has 3 N–H and O–H groups in total. The van der Waals surface area contributed by atoms with E-state index in [2.05, 4.69) is 10.3 Å². The molecule has 1 aromatic rings. The summed E-state index contributed by atoms with van der Waals surface area (Å²) in [7, 11) is 3.30. The number of amides is 2. The fourth-order valence-electron chi connectivity index (χ4n) is 1.28. The summed E-state index contributed by atoms with van der Waals surface area (Å²) >= 11 is 0. The van der Waals surface area contributed by atoms with Crippen LogP contribution in [0.25, 0.3) is 0 Å². The first kappa shape index (κ1) is 14.0. The van der Waals surface area contributed by atoms with Crippen LogP contribution in [0.5, 0.6) is 0 Å². The Balaban J connectivity index is 2.96. The molecule has 0 spiro atoms. The Bertz CT molecular complexity index is 469. The molecule has 1 heterocycles. The predicted octanol–water partition coefficient (Wildman–Crippen LogP) is 0.459.